The molecule has 0 aliphatic heterocycles. The lowest BCUT2D eigenvalue weighted by atomic mass is 10.3. The second-order valence-electron chi connectivity index (χ2n) is 4.27. The highest BCUT2D eigenvalue weighted by Gasteiger charge is 2.34. The quantitative estimate of drug-likeness (QED) is 0.708. The summed E-state index contributed by atoms with van der Waals surface area (Å²) in [6.07, 6.45) is -3.13. The first kappa shape index (κ1) is 13.7. The number of aromatic amines is 1. The van der Waals surface area contributed by atoms with E-state index in [1.807, 2.05) is 0 Å². The molecule has 2 heterocycles. The number of benzene rings is 1. The molecule has 0 aliphatic rings. The Morgan fingerprint density at radius 1 is 1.19 bits per heavy atom. The average molecular weight is 310 g/mol. The first-order valence-electron chi connectivity index (χ1n) is 5.89. The highest BCUT2D eigenvalue weighted by Crippen LogP contribution is 2.37. The lowest BCUT2D eigenvalue weighted by Gasteiger charge is -2.09. The highest BCUT2D eigenvalue weighted by molar-refractivity contribution is 7.99. The first-order chi connectivity index (χ1) is 9.93. The first-order valence-corrected chi connectivity index (χ1v) is 6.70. The molecule has 4 nitrogen and oxygen atoms in total. The van der Waals surface area contributed by atoms with Crippen LogP contribution in [0.3, 0.4) is 0 Å². The molecule has 0 saturated heterocycles. The molecule has 0 fully saturated rings. The number of anilines is 1. The minimum atomic E-state index is -4.45. The molecule has 21 heavy (non-hydrogen) atoms. The van der Waals surface area contributed by atoms with E-state index in [0.717, 1.165) is 17.8 Å². The zero-order valence-electron chi connectivity index (χ0n) is 10.5. The van der Waals surface area contributed by atoms with Gasteiger partial charge < -0.3 is 10.7 Å². The van der Waals surface area contributed by atoms with Gasteiger partial charge in [-0.05, 0) is 42.1 Å². The van der Waals surface area contributed by atoms with Crippen molar-refractivity contribution in [3.05, 3.63) is 42.1 Å². The third-order valence-corrected chi connectivity index (χ3v) is 3.66. The fourth-order valence-electron chi connectivity index (χ4n) is 1.83. The Hall–Kier alpha value is -2.22. The lowest BCUT2D eigenvalue weighted by Crippen LogP contribution is -2.07. The maximum absolute atomic E-state index is 12.9. The van der Waals surface area contributed by atoms with E-state index in [-0.39, 0.29) is 5.03 Å². The van der Waals surface area contributed by atoms with Crippen molar-refractivity contribution in [2.75, 3.05) is 5.73 Å². The van der Waals surface area contributed by atoms with Gasteiger partial charge in [-0.25, -0.2) is 9.97 Å². The number of aromatic nitrogens is 3. The van der Waals surface area contributed by atoms with Gasteiger partial charge in [-0.15, -0.1) is 0 Å². The fourth-order valence-corrected chi connectivity index (χ4v) is 2.73. The van der Waals surface area contributed by atoms with E-state index in [0.29, 0.717) is 21.9 Å². The average Bonchev–Trinajstić information content (AvgIpc) is 2.79. The third-order valence-electron chi connectivity index (χ3n) is 2.75. The van der Waals surface area contributed by atoms with Crippen LogP contribution in [0, 0.1) is 0 Å². The molecule has 0 atom stereocenters. The molecular weight excluding hydrogens is 301 g/mol. The fraction of sp³-hybridized carbons (Fsp3) is 0.0769. The Kier molecular flexibility index (Phi) is 3.25. The molecule has 0 amide bonds. The van der Waals surface area contributed by atoms with Crippen LogP contribution in [0.5, 0.6) is 0 Å². The minimum Gasteiger partial charge on any atom is -0.399 e. The largest absolute Gasteiger partial charge is 0.419 e. The van der Waals surface area contributed by atoms with Gasteiger partial charge in [0.05, 0.1) is 16.6 Å². The summed E-state index contributed by atoms with van der Waals surface area (Å²) in [5.41, 5.74) is 6.72. The van der Waals surface area contributed by atoms with Crippen molar-refractivity contribution in [1.82, 2.24) is 15.0 Å². The molecule has 2 aromatic heterocycles. The van der Waals surface area contributed by atoms with Crippen LogP contribution in [-0.4, -0.2) is 15.0 Å². The summed E-state index contributed by atoms with van der Waals surface area (Å²) < 4.78 is 38.7. The van der Waals surface area contributed by atoms with E-state index in [9.17, 15) is 13.2 Å². The maximum atomic E-state index is 12.9. The second kappa shape index (κ2) is 4.96. The normalized spacial score (nSPS) is 12.0. The van der Waals surface area contributed by atoms with Crippen molar-refractivity contribution in [3.8, 4) is 0 Å². The number of halogens is 3. The van der Waals surface area contributed by atoms with Gasteiger partial charge in [0, 0.05) is 11.9 Å². The van der Waals surface area contributed by atoms with Crippen molar-refractivity contribution in [1.29, 1.82) is 0 Å². The van der Waals surface area contributed by atoms with Crippen LogP contribution < -0.4 is 5.73 Å². The molecule has 1 aromatic carbocycles. The van der Waals surface area contributed by atoms with Gasteiger partial charge in [-0.3, -0.25) is 0 Å². The molecule has 108 valence electrons. The van der Waals surface area contributed by atoms with Gasteiger partial charge in [0.2, 0.25) is 0 Å². The Labute approximate surface area is 121 Å². The summed E-state index contributed by atoms with van der Waals surface area (Å²) in [6, 6.07) is 7.31. The second-order valence-corrected chi connectivity index (χ2v) is 5.25. The molecule has 0 saturated carbocycles. The van der Waals surface area contributed by atoms with Crippen molar-refractivity contribution in [3.63, 3.8) is 0 Å². The van der Waals surface area contributed by atoms with Crippen LogP contribution >= 0.6 is 11.8 Å². The summed E-state index contributed by atoms with van der Waals surface area (Å²) >= 11 is 0.834. The number of nitrogens with zero attached hydrogens (tertiary/aromatic N) is 2. The Bertz CT molecular complexity index is 797. The van der Waals surface area contributed by atoms with Gasteiger partial charge in [-0.1, -0.05) is 0 Å². The predicted molar refractivity (Wildman–Crippen MR) is 73.9 cm³/mol. The smallest absolute Gasteiger partial charge is 0.399 e. The van der Waals surface area contributed by atoms with Crippen LogP contribution in [0.25, 0.3) is 11.0 Å². The number of imidazole rings is 1. The van der Waals surface area contributed by atoms with Crippen molar-refractivity contribution < 1.29 is 13.2 Å². The molecule has 0 spiro atoms. The number of alkyl halides is 3. The number of nitrogen functional groups attached to an aromatic ring is 1. The topological polar surface area (TPSA) is 67.6 Å². The van der Waals surface area contributed by atoms with E-state index in [4.69, 9.17) is 5.73 Å². The zero-order chi connectivity index (χ0) is 15.0. The van der Waals surface area contributed by atoms with Crippen molar-refractivity contribution >= 4 is 28.5 Å². The Morgan fingerprint density at radius 3 is 2.76 bits per heavy atom. The van der Waals surface area contributed by atoms with E-state index in [2.05, 4.69) is 15.0 Å². The predicted octanol–water partition coefficient (Wildman–Crippen LogP) is 3.71. The summed E-state index contributed by atoms with van der Waals surface area (Å²) in [4.78, 5) is 10.9. The van der Waals surface area contributed by atoms with Gasteiger partial charge in [0.1, 0.15) is 5.03 Å². The number of nitrogens with one attached hydrogen (secondary N) is 1. The summed E-state index contributed by atoms with van der Waals surface area (Å²) in [7, 11) is 0. The van der Waals surface area contributed by atoms with Gasteiger partial charge in [0.15, 0.2) is 5.16 Å². The number of nitrogens with two attached hydrogens (primary N) is 1. The number of pyridine rings is 1. The molecule has 0 unspecified atom stereocenters. The Morgan fingerprint density at radius 2 is 2.00 bits per heavy atom. The highest BCUT2D eigenvalue weighted by atomic mass is 32.2. The van der Waals surface area contributed by atoms with Crippen molar-refractivity contribution in [2.24, 2.45) is 0 Å². The monoisotopic (exact) mass is 310 g/mol. The number of rotatable bonds is 2. The van der Waals surface area contributed by atoms with E-state index in [1.54, 1.807) is 18.2 Å². The van der Waals surface area contributed by atoms with Gasteiger partial charge in [0.25, 0.3) is 0 Å². The summed E-state index contributed by atoms with van der Waals surface area (Å²) in [5.74, 6) is 0. The maximum Gasteiger partial charge on any atom is 0.419 e. The van der Waals surface area contributed by atoms with Crippen LogP contribution in [0.1, 0.15) is 5.56 Å². The minimum absolute atomic E-state index is 0.142. The number of fused-ring (bicyclic) bond motifs is 1. The molecule has 3 aromatic rings. The standard InChI is InChI=1S/C13H9F3N4S/c14-13(15,16)8-2-1-5-18-11(8)21-12-19-9-4-3-7(17)6-10(9)20-12/h1-6H,17H2,(H,19,20). The molecule has 0 radical (unpaired) electrons. The van der Waals surface area contributed by atoms with Crippen LogP contribution in [0.4, 0.5) is 18.9 Å². The molecule has 0 aliphatic carbocycles. The molecule has 0 bridgehead atoms. The number of H-pyrrole nitrogens is 1. The molecule has 8 heteroatoms. The number of hydrogen-bond acceptors (Lipinski definition) is 4. The summed E-state index contributed by atoms with van der Waals surface area (Å²) in [5, 5.41) is 0.192. The van der Waals surface area contributed by atoms with Gasteiger partial charge in [-0.2, -0.15) is 13.2 Å². The van der Waals surface area contributed by atoms with E-state index < -0.39 is 11.7 Å². The van der Waals surface area contributed by atoms with Crippen LogP contribution in [-0.2, 0) is 6.18 Å². The van der Waals surface area contributed by atoms with E-state index >= 15 is 0 Å². The molecule has 3 N–H and O–H groups in total. The zero-order valence-corrected chi connectivity index (χ0v) is 11.3. The number of hydrogen-bond donors (Lipinski definition) is 2. The summed E-state index contributed by atoms with van der Waals surface area (Å²) in [6.45, 7) is 0. The third kappa shape index (κ3) is 2.80. The van der Waals surface area contributed by atoms with Crippen molar-refractivity contribution in [2.45, 2.75) is 16.4 Å². The van der Waals surface area contributed by atoms with Crippen LogP contribution in [0.2, 0.25) is 0 Å². The van der Waals surface area contributed by atoms with Gasteiger partial charge >= 0.3 is 6.18 Å². The van der Waals surface area contributed by atoms with Crippen LogP contribution in [0.15, 0.2) is 46.7 Å². The SMILES string of the molecule is Nc1ccc2nc(Sc3ncccc3C(F)(F)F)[nH]c2c1. The lowest BCUT2D eigenvalue weighted by molar-refractivity contribution is -0.140. The Balaban J connectivity index is 1.99. The molecular formula is C13H9F3N4S. The van der Waals surface area contributed by atoms with E-state index in [1.165, 1.54) is 12.3 Å². The molecule has 3 rings (SSSR count).